The second-order valence-electron chi connectivity index (χ2n) is 6.25. The molecule has 136 valence electrons. The second-order valence-corrected chi connectivity index (χ2v) is 7.48. The highest BCUT2D eigenvalue weighted by Crippen LogP contribution is 2.32. The molecule has 0 unspecified atom stereocenters. The van der Waals surface area contributed by atoms with Crippen molar-refractivity contribution >= 4 is 27.4 Å². The zero-order valence-electron chi connectivity index (χ0n) is 14.7. The third kappa shape index (κ3) is 3.08. The van der Waals surface area contributed by atoms with Crippen molar-refractivity contribution in [2.24, 2.45) is 0 Å². The lowest BCUT2D eigenvalue weighted by atomic mass is 10.2. The molecule has 4 heterocycles. The standard InChI is InChI=1S/C19H17N5O2S/c1-12-8-14-17(22-19(23-18(14)27-12)24-5-4-20-11-24)21-10-13-2-3-15-16(9-13)26-7-6-25-15/h2-5,8-9,11H,6-7,10H2,1H3,(H,21,22,23). The average molecular weight is 379 g/mol. The predicted octanol–water partition coefficient (Wildman–Crippen LogP) is 3.57. The largest absolute Gasteiger partial charge is 0.486 e. The third-order valence-electron chi connectivity index (χ3n) is 4.31. The molecule has 1 aromatic carbocycles. The third-order valence-corrected chi connectivity index (χ3v) is 5.25. The molecular formula is C19H17N5O2S. The van der Waals surface area contributed by atoms with Gasteiger partial charge in [0.25, 0.3) is 0 Å². The van der Waals surface area contributed by atoms with Crippen LogP contribution < -0.4 is 14.8 Å². The van der Waals surface area contributed by atoms with E-state index in [2.05, 4.69) is 28.3 Å². The minimum absolute atomic E-state index is 0.582. The molecule has 0 saturated carbocycles. The van der Waals surface area contributed by atoms with Crippen LogP contribution in [0.25, 0.3) is 16.2 Å². The van der Waals surface area contributed by atoms with Gasteiger partial charge in [-0.2, -0.15) is 4.98 Å². The van der Waals surface area contributed by atoms with Gasteiger partial charge in [-0.3, -0.25) is 4.57 Å². The van der Waals surface area contributed by atoms with Crippen molar-refractivity contribution in [1.82, 2.24) is 19.5 Å². The number of rotatable bonds is 4. The van der Waals surface area contributed by atoms with Crippen LogP contribution in [0.5, 0.6) is 11.5 Å². The maximum Gasteiger partial charge on any atom is 0.238 e. The van der Waals surface area contributed by atoms with E-state index in [1.54, 1.807) is 23.9 Å². The summed E-state index contributed by atoms with van der Waals surface area (Å²) in [5.74, 6) is 3.00. The van der Waals surface area contributed by atoms with E-state index < -0.39 is 0 Å². The lowest BCUT2D eigenvalue weighted by molar-refractivity contribution is 0.171. The van der Waals surface area contributed by atoms with E-state index in [4.69, 9.17) is 14.5 Å². The van der Waals surface area contributed by atoms with Crippen LogP contribution in [-0.4, -0.2) is 32.7 Å². The van der Waals surface area contributed by atoms with Gasteiger partial charge in [0, 0.05) is 23.8 Å². The fourth-order valence-electron chi connectivity index (χ4n) is 3.04. The van der Waals surface area contributed by atoms with Crippen LogP contribution in [0.15, 0.2) is 43.0 Å². The van der Waals surface area contributed by atoms with Gasteiger partial charge in [0.1, 0.15) is 30.2 Å². The number of imidazole rings is 1. The Kier molecular flexibility index (Phi) is 3.90. The number of benzene rings is 1. The van der Waals surface area contributed by atoms with Gasteiger partial charge in [-0.15, -0.1) is 11.3 Å². The molecule has 5 rings (SSSR count). The summed E-state index contributed by atoms with van der Waals surface area (Å²) < 4.78 is 13.1. The van der Waals surface area contributed by atoms with Gasteiger partial charge in [0.15, 0.2) is 11.5 Å². The Morgan fingerprint density at radius 2 is 2.04 bits per heavy atom. The van der Waals surface area contributed by atoms with E-state index in [1.807, 2.05) is 29.0 Å². The lowest BCUT2D eigenvalue weighted by Gasteiger charge is -2.19. The van der Waals surface area contributed by atoms with E-state index in [0.717, 1.165) is 33.1 Å². The van der Waals surface area contributed by atoms with Gasteiger partial charge in [-0.1, -0.05) is 6.07 Å². The number of aromatic nitrogens is 4. The van der Waals surface area contributed by atoms with Crippen molar-refractivity contribution in [3.05, 3.63) is 53.4 Å². The first-order chi connectivity index (χ1) is 13.3. The Morgan fingerprint density at radius 1 is 1.15 bits per heavy atom. The lowest BCUT2D eigenvalue weighted by Crippen LogP contribution is -2.15. The smallest absolute Gasteiger partial charge is 0.238 e. The first-order valence-electron chi connectivity index (χ1n) is 8.65. The van der Waals surface area contributed by atoms with Crippen molar-refractivity contribution in [2.75, 3.05) is 18.5 Å². The molecule has 27 heavy (non-hydrogen) atoms. The van der Waals surface area contributed by atoms with Crippen LogP contribution in [0.4, 0.5) is 5.82 Å². The first-order valence-corrected chi connectivity index (χ1v) is 9.47. The van der Waals surface area contributed by atoms with E-state index >= 15 is 0 Å². The molecule has 1 aliphatic heterocycles. The number of nitrogens with one attached hydrogen (secondary N) is 1. The Hall–Kier alpha value is -3.13. The molecule has 0 radical (unpaired) electrons. The van der Waals surface area contributed by atoms with Crippen LogP contribution in [0.2, 0.25) is 0 Å². The summed E-state index contributed by atoms with van der Waals surface area (Å²) >= 11 is 1.66. The topological polar surface area (TPSA) is 74.1 Å². The van der Waals surface area contributed by atoms with Crippen molar-refractivity contribution in [1.29, 1.82) is 0 Å². The molecule has 0 fully saturated rings. The Bertz CT molecular complexity index is 1110. The number of hydrogen-bond donors (Lipinski definition) is 1. The highest BCUT2D eigenvalue weighted by Gasteiger charge is 2.14. The maximum atomic E-state index is 5.67. The molecule has 0 bridgehead atoms. The fourth-order valence-corrected chi connectivity index (χ4v) is 3.92. The van der Waals surface area contributed by atoms with Crippen LogP contribution in [0.3, 0.4) is 0 Å². The van der Waals surface area contributed by atoms with E-state index in [-0.39, 0.29) is 0 Å². The van der Waals surface area contributed by atoms with Gasteiger partial charge in [0.2, 0.25) is 5.95 Å². The van der Waals surface area contributed by atoms with Crippen LogP contribution >= 0.6 is 11.3 Å². The number of nitrogens with zero attached hydrogens (tertiary/aromatic N) is 4. The normalized spacial score (nSPS) is 13.1. The maximum absolute atomic E-state index is 5.67. The van der Waals surface area contributed by atoms with Gasteiger partial charge in [0.05, 0.1) is 5.39 Å². The highest BCUT2D eigenvalue weighted by molar-refractivity contribution is 7.18. The molecule has 0 spiro atoms. The van der Waals surface area contributed by atoms with Gasteiger partial charge in [-0.05, 0) is 30.7 Å². The Balaban J connectivity index is 1.47. The molecule has 0 aliphatic carbocycles. The summed E-state index contributed by atoms with van der Waals surface area (Å²) in [6, 6.07) is 8.11. The van der Waals surface area contributed by atoms with E-state index in [0.29, 0.717) is 25.7 Å². The zero-order chi connectivity index (χ0) is 18.2. The first kappa shape index (κ1) is 16.1. The summed E-state index contributed by atoms with van der Waals surface area (Å²) in [6.45, 7) is 3.88. The number of anilines is 1. The van der Waals surface area contributed by atoms with Crippen molar-refractivity contribution in [3.8, 4) is 17.4 Å². The summed E-state index contributed by atoms with van der Waals surface area (Å²) in [6.07, 6.45) is 5.26. The zero-order valence-corrected chi connectivity index (χ0v) is 15.5. The Morgan fingerprint density at radius 3 is 2.89 bits per heavy atom. The van der Waals surface area contributed by atoms with E-state index in [1.165, 1.54) is 4.88 Å². The molecule has 0 amide bonds. The quantitative estimate of drug-likeness (QED) is 0.584. The molecule has 7 nitrogen and oxygen atoms in total. The van der Waals surface area contributed by atoms with Gasteiger partial charge >= 0.3 is 0 Å². The summed E-state index contributed by atoms with van der Waals surface area (Å²) in [7, 11) is 0. The fraction of sp³-hybridized carbons (Fsp3) is 0.211. The molecule has 3 aromatic heterocycles. The van der Waals surface area contributed by atoms with Crippen LogP contribution in [0, 0.1) is 6.92 Å². The molecule has 4 aromatic rings. The van der Waals surface area contributed by atoms with Gasteiger partial charge in [-0.25, -0.2) is 9.97 Å². The summed E-state index contributed by atoms with van der Waals surface area (Å²) in [5.41, 5.74) is 1.10. The molecule has 0 atom stereocenters. The molecule has 1 aliphatic rings. The molecular weight excluding hydrogens is 362 g/mol. The number of aryl methyl sites for hydroxylation is 1. The predicted molar refractivity (Wildman–Crippen MR) is 104 cm³/mol. The highest BCUT2D eigenvalue weighted by atomic mass is 32.1. The minimum Gasteiger partial charge on any atom is -0.486 e. The number of ether oxygens (including phenoxy) is 2. The molecule has 1 N–H and O–H groups in total. The minimum atomic E-state index is 0.582. The number of thiophene rings is 1. The number of hydrogen-bond acceptors (Lipinski definition) is 7. The number of fused-ring (bicyclic) bond motifs is 2. The van der Waals surface area contributed by atoms with Crippen molar-refractivity contribution in [2.45, 2.75) is 13.5 Å². The summed E-state index contributed by atoms with van der Waals surface area (Å²) in [4.78, 5) is 15.6. The van der Waals surface area contributed by atoms with Crippen LogP contribution in [0.1, 0.15) is 10.4 Å². The van der Waals surface area contributed by atoms with E-state index in [9.17, 15) is 0 Å². The van der Waals surface area contributed by atoms with Crippen molar-refractivity contribution < 1.29 is 9.47 Å². The van der Waals surface area contributed by atoms with Gasteiger partial charge < -0.3 is 14.8 Å². The average Bonchev–Trinajstić information content (AvgIpc) is 3.34. The monoisotopic (exact) mass is 379 g/mol. The SMILES string of the molecule is Cc1cc2c(NCc3ccc4c(c3)OCCO4)nc(-n3ccnc3)nc2s1. The molecule has 0 saturated heterocycles. The summed E-state index contributed by atoms with van der Waals surface area (Å²) in [5, 5.41) is 4.48. The molecule has 8 heteroatoms. The second kappa shape index (κ2) is 6.55. The Labute approximate surface area is 159 Å². The van der Waals surface area contributed by atoms with Crippen LogP contribution in [-0.2, 0) is 6.54 Å². The van der Waals surface area contributed by atoms with Crippen molar-refractivity contribution in [3.63, 3.8) is 0 Å².